The number of hydrogen-bond donors (Lipinski definition) is 1. The maximum absolute atomic E-state index is 6.07. The zero-order valence-electron chi connectivity index (χ0n) is 6.77. The first kappa shape index (κ1) is 8.53. The molecule has 0 amide bonds. The van der Waals surface area contributed by atoms with E-state index in [2.05, 4.69) is 4.37 Å². The number of thioether (sulfide) groups is 1. The van der Waals surface area contributed by atoms with E-state index in [0.717, 1.165) is 5.69 Å². The van der Waals surface area contributed by atoms with E-state index in [1.807, 2.05) is 23.2 Å². The maximum atomic E-state index is 6.07. The van der Waals surface area contributed by atoms with Crippen LogP contribution in [0.2, 0.25) is 0 Å². The fraction of sp³-hybridized carbons (Fsp3) is 0.625. The van der Waals surface area contributed by atoms with Gasteiger partial charge in [-0.05, 0) is 36.2 Å². The van der Waals surface area contributed by atoms with E-state index in [1.54, 1.807) is 0 Å². The summed E-state index contributed by atoms with van der Waals surface area (Å²) in [6.07, 6.45) is 2.57. The molecule has 1 fully saturated rings. The van der Waals surface area contributed by atoms with Crippen LogP contribution in [0.3, 0.4) is 0 Å². The zero-order valence-corrected chi connectivity index (χ0v) is 8.40. The van der Waals surface area contributed by atoms with E-state index >= 15 is 0 Å². The third-order valence-corrected chi connectivity index (χ3v) is 4.22. The van der Waals surface area contributed by atoms with Gasteiger partial charge in [-0.15, -0.1) is 0 Å². The predicted molar refractivity (Wildman–Crippen MR) is 54.5 cm³/mol. The third kappa shape index (κ3) is 1.65. The fourth-order valence-corrected chi connectivity index (χ4v) is 3.35. The number of hydrogen-bond acceptors (Lipinski definition) is 4. The minimum atomic E-state index is 0.156. The molecule has 0 saturated carbocycles. The fourth-order valence-electron chi connectivity index (χ4n) is 1.47. The smallest absolute Gasteiger partial charge is 0.0720 e. The van der Waals surface area contributed by atoms with Gasteiger partial charge in [0.1, 0.15) is 0 Å². The van der Waals surface area contributed by atoms with Gasteiger partial charge in [-0.1, -0.05) is 0 Å². The van der Waals surface area contributed by atoms with Gasteiger partial charge in [0.2, 0.25) is 0 Å². The Morgan fingerprint density at radius 1 is 1.67 bits per heavy atom. The largest absolute Gasteiger partial charge is 0.322 e. The van der Waals surface area contributed by atoms with Crippen molar-refractivity contribution in [3.05, 3.63) is 17.1 Å². The highest BCUT2D eigenvalue weighted by molar-refractivity contribution is 8.00. The van der Waals surface area contributed by atoms with Crippen molar-refractivity contribution in [2.75, 3.05) is 5.75 Å². The molecule has 2 heterocycles. The molecule has 1 aliphatic heterocycles. The Kier molecular flexibility index (Phi) is 2.68. The molecule has 1 aromatic rings. The first-order valence-electron chi connectivity index (χ1n) is 4.15. The van der Waals surface area contributed by atoms with Crippen LogP contribution < -0.4 is 5.73 Å². The minimum Gasteiger partial charge on any atom is -0.322 e. The van der Waals surface area contributed by atoms with Crippen molar-refractivity contribution < 1.29 is 0 Å². The normalized spacial score (nSPS) is 25.9. The molecule has 2 rings (SSSR count). The Hall–Kier alpha value is -0.0600. The molecule has 2 N–H and O–H groups in total. The number of nitrogens with zero attached hydrogens (tertiary/aromatic N) is 1. The molecule has 1 aromatic heterocycles. The van der Waals surface area contributed by atoms with Crippen LogP contribution in [-0.4, -0.2) is 15.4 Å². The lowest BCUT2D eigenvalue weighted by molar-refractivity contribution is 0.635. The monoisotopic (exact) mass is 200 g/mol. The molecule has 2 nitrogen and oxygen atoms in total. The number of rotatable bonds is 2. The summed E-state index contributed by atoms with van der Waals surface area (Å²) >= 11 is 3.48. The minimum absolute atomic E-state index is 0.156. The second kappa shape index (κ2) is 3.77. The van der Waals surface area contributed by atoms with Gasteiger partial charge < -0.3 is 5.73 Å². The Balaban J connectivity index is 2.04. The summed E-state index contributed by atoms with van der Waals surface area (Å²) in [7, 11) is 0. The van der Waals surface area contributed by atoms with Crippen LogP contribution in [0.1, 0.15) is 24.6 Å². The second-order valence-corrected chi connectivity index (χ2v) is 5.01. The Morgan fingerprint density at radius 2 is 2.58 bits per heavy atom. The quantitative estimate of drug-likeness (QED) is 0.794. The molecule has 66 valence electrons. The van der Waals surface area contributed by atoms with E-state index < -0.39 is 0 Å². The van der Waals surface area contributed by atoms with Crippen molar-refractivity contribution in [3.8, 4) is 0 Å². The number of aromatic nitrogens is 1. The topological polar surface area (TPSA) is 38.9 Å². The molecule has 1 saturated heterocycles. The van der Waals surface area contributed by atoms with Gasteiger partial charge in [0.05, 0.1) is 11.7 Å². The van der Waals surface area contributed by atoms with Gasteiger partial charge in [-0.3, -0.25) is 0 Å². The standard InChI is InChI=1S/C8H12N2S2/c9-8(6-3-5-12-10-6)7-2-1-4-11-7/h3,5,7-8H,1-2,4,9H2. The SMILES string of the molecule is NC(c1ccsn1)C1CCCS1. The van der Waals surface area contributed by atoms with Crippen molar-refractivity contribution in [3.63, 3.8) is 0 Å². The highest BCUT2D eigenvalue weighted by Crippen LogP contribution is 2.34. The molecule has 1 aliphatic rings. The lowest BCUT2D eigenvalue weighted by Gasteiger charge is -2.15. The highest BCUT2D eigenvalue weighted by Gasteiger charge is 2.24. The maximum Gasteiger partial charge on any atom is 0.0720 e. The molecule has 0 radical (unpaired) electrons. The van der Waals surface area contributed by atoms with E-state index in [4.69, 9.17) is 5.73 Å². The summed E-state index contributed by atoms with van der Waals surface area (Å²) in [5, 5.41) is 2.60. The Labute approximate surface area is 80.7 Å². The van der Waals surface area contributed by atoms with Crippen molar-refractivity contribution in [1.82, 2.24) is 4.37 Å². The summed E-state index contributed by atoms with van der Waals surface area (Å²) in [5.74, 6) is 1.27. The molecule has 12 heavy (non-hydrogen) atoms. The van der Waals surface area contributed by atoms with Crippen LogP contribution in [0.15, 0.2) is 11.4 Å². The van der Waals surface area contributed by atoms with Crippen molar-refractivity contribution in [2.24, 2.45) is 5.73 Å². The Morgan fingerprint density at radius 3 is 3.17 bits per heavy atom. The van der Waals surface area contributed by atoms with Crippen LogP contribution in [-0.2, 0) is 0 Å². The highest BCUT2D eigenvalue weighted by atomic mass is 32.2. The molecule has 0 bridgehead atoms. The average Bonchev–Trinajstić information content (AvgIpc) is 2.77. The molecule has 2 atom stereocenters. The van der Waals surface area contributed by atoms with E-state index in [-0.39, 0.29) is 6.04 Å². The zero-order chi connectivity index (χ0) is 8.39. The number of nitrogens with two attached hydrogens (primary N) is 1. The van der Waals surface area contributed by atoms with Crippen LogP contribution in [0, 0.1) is 0 Å². The summed E-state index contributed by atoms with van der Waals surface area (Å²) in [6.45, 7) is 0. The molecular weight excluding hydrogens is 188 g/mol. The first-order valence-corrected chi connectivity index (χ1v) is 6.04. The van der Waals surface area contributed by atoms with E-state index in [9.17, 15) is 0 Å². The van der Waals surface area contributed by atoms with Crippen LogP contribution in [0.25, 0.3) is 0 Å². The first-order chi connectivity index (χ1) is 5.88. The van der Waals surface area contributed by atoms with Gasteiger partial charge >= 0.3 is 0 Å². The molecule has 2 unspecified atom stereocenters. The van der Waals surface area contributed by atoms with Gasteiger partial charge in [0.25, 0.3) is 0 Å². The lowest BCUT2D eigenvalue weighted by Crippen LogP contribution is -2.21. The van der Waals surface area contributed by atoms with Crippen LogP contribution >= 0.6 is 23.3 Å². The molecule has 0 aromatic carbocycles. The van der Waals surface area contributed by atoms with Gasteiger partial charge in [0.15, 0.2) is 0 Å². The molecule has 0 spiro atoms. The van der Waals surface area contributed by atoms with Crippen LogP contribution in [0.4, 0.5) is 0 Å². The van der Waals surface area contributed by atoms with E-state index in [0.29, 0.717) is 5.25 Å². The van der Waals surface area contributed by atoms with Gasteiger partial charge in [-0.25, -0.2) is 0 Å². The molecule has 4 heteroatoms. The van der Waals surface area contributed by atoms with Gasteiger partial charge in [0, 0.05) is 10.6 Å². The second-order valence-electron chi connectivity index (χ2n) is 3.00. The summed E-state index contributed by atoms with van der Waals surface area (Å²) < 4.78 is 4.26. The third-order valence-electron chi connectivity index (χ3n) is 2.16. The van der Waals surface area contributed by atoms with Crippen molar-refractivity contribution in [2.45, 2.75) is 24.1 Å². The van der Waals surface area contributed by atoms with Crippen molar-refractivity contribution in [1.29, 1.82) is 0 Å². The van der Waals surface area contributed by atoms with Crippen LogP contribution in [0.5, 0.6) is 0 Å². The van der Waals surface area contributed by atoms with Crippen molar-refractivity contribution >= 4 is 23.3 Å². The summed E-state index contributed by atoms with van der Waals surface area (Å²) in [4.78, 5) is 0. The van der Waals surface area contributed by atoms with E-state index in [1.165, 1.54) is 30.1 Å². The molecular formula is C8H12N2S2. The predicted octanol–water partition coefficient (Wildman–Crippen LogP) is 2.04. The average molecular weight is 200 g/mol. The molecule has 0 aliphatic carbocycles. The Bertz CT molecular complexity index is 229. The summed E-state index contributed by atoms with van der Waals surface area (Å²) in [5.41, 5.74) is 7.14. The lowest BCUT2D eigenvalue weighted by atomic mass is 10.1. The summed E-state index contributed by atoms with van der Waals surface area (Å²) in [6, 6.07) is 2.19. The van der Waals surface area contributed by atoms with Gasteiger partial charge in [-0.2, -0.15) is 16.1 Å².